The number of aromatic nitrogens is 2. The zero-order valence-corrected chi connectivity index (χ0v) is 18.2. The first-order valence-electron chi connectivity index (χ1n) is 11.1. The molecule has 0 bridgehead atoms. The number of likely N-dealkylation sites (tertiary alicyclic amines) is 1. The first kappa shape index (κ1) is 24.4. The fourth-order valence-corrected chi connectivity index (χ4v) is 4.29. The van der Waals surface area contributed by atoms with E-state index in [-0.39, 0.29) is 31.2 Å². The SMILES string of the molecule is O=C(O)NC(=O)OC1CN(C(=O)c2noc(C(CCCC3CCCCC3)CC(=O)NO)n2)C1. The summed E-state index contributed by atoms with van der Waals surface area (Å²) in [5.41, 5.74) is 1.62. The molecule has 1 saturated carbocycles. The predicted molar refractivity (Wildman–Crippen MR) is 109 cm³/mol. The maximum atomic E-state index is 12.5. The van der Waals surface area contributed by atoms with Crippen LogP contribution in [-0.4, -0.2) is 68.5 Å². The summed E-state index contributed by atoms with van der Waals surface area (Å²) in [6.45, 7) is 0.126. The van der Waals surface area contributed by atoms with Gasteiger partial charge in [0.15, 0.2) is 0 Å². The molecule has 1 saturated heterocycles. The van der Waals surface area contributed by atoms with Crippen LogP contribution in [0.3, 0.4) is 0 Å². The monoisotopic (exact) mass is 467 g/mol. The molecule has 2 fully saturated rings. The highest BCUT2D eigenvalue weighted by atomic mass is 16.6. The quantitative estimate of drug-likeness (QED) is 0.309. The van der Waals surface area contributed by atoms with E-state index < -0.39 is 36.0 Å². The van der Waals surface area contributed by atoms with Crippen molar-refractivity contribution in [1.82, 2.24) is 25.8 Å². The third-order valence-electron chi connectivity index (χ3n) is 6.05. The van der Waals surface area contributed by atoms with E-state index in [2.05, 4.69) is 10.1 Å². The molecule has 4 N–H and O–H groups in total. The van der Waals surface area contributed by atoms with Crippen LogP contribution in [-0.2, 0) is 9.53 Å². The predicted octanol–water partition coefficient (Wildman–Crippen LogP) is 2.03. The van der Waals surface area contributed by atoms with Crippen LogP contribution in [0.1, 0.15) is 80.2 Å². The van der Waals surface area contributed by atoms with Gasteiger partial charge in [0.25, 0.3) is 11.7 Å². The maximum Gasteiger partial charge on any atom is 0.417 e. The summed E-state index contributed by atoms with van der Waals surface area (Å²) >= 11 is 0. The molecule has 1 unspecified atom stereocenters. The van der Waals surface area contributed by atoms with E-state index in [1.165, 1.54) is 37.0 Å². The second-order valence-electron chi connectivity index (χ2n) is 8.49. The number of hydrogen-bond donors (Lipinski definition) is 4. The van der Waals surface area contributed by atoms with Crippen molar-refractivity contribution in [2.24, 2.45) is 5.92 Å². The van der Waals surface area contributed by atoms with Gasteiger partial charge in [-0.25, -0.2) is 20.4 Å². The molecule has 13 heteroatoms. The molecule has 182 valence electrons. The highest BCUT2D eigenvalue weighted by Crippen LogP contribution is 2.31. The van der Waals surface area contributed by atoms with Gasteiger partial charge in [-0.3, -0.25) is 14.8 Å². The number of hydrogen-bond acceptors (Lipinski definition) is 9. The Kier molecular flexibility index (Phi) is 8.58. The third kappa shape index (κ3) is 7.14. The molecule has 1 aromatic rings. The van der Waals surface area contributed by atoms with Crippen molar-refractivity contribution >= 4 is 24.0 Å². The minimum Gasteiger partial charge on any atom is -0.465 e. The number of carbonyl (C=O) groups excluding carboxylic acids is 3. The molecule has 1 atom stereocenters. The number of ether oxygens (including phenoxy) is 1. The maximum absolute atomic E-state index is 12.5. The van der Waals surface area contributed by atoms with Crippen LogP contribution >= 0.6 is 0 Å². The van der Waals surface area contributed by atoms with Crippen molar-refractivity contribution in [3.8, 4) is 0 Å². The summed E-state index contributed by atoms with van der Waals surface area (Å²) in [6, 6.07) is 0. The number of rotatable bonds is 9. The summed E-state index contributed by atoms with van der Waals surface area (Å²) in [4.78, 5) is 51.5. The van der Waals surface area contributed by atoms with E-state index in [0.29, 0.717) is 12.3 Å². The van der Waals surface area contributed by atoms with Crippen molar-refractivity contribution in [3.63, 3.8) is 0 Å². The molecule has 0 radical (unpaired) electrons. The Morgan fingerprint density at radius 1 is 1.18 bits per heavy atom. The standard InChI is InChI=1S/C20H29N5O8/c26-15(23-31)9-13(8-4-7-12-5-2-1-3-6-12)17-21-16(24-33-17)18(27)25-10-14(11-25)32-20(30)22-19(28)29/h12-14,31H,1-11H2,(H,22,30)(H,23,26)(H,28,29). The normalized spacial score (nSPS) is 17.7. The molecule has 13 nitrogen and oxygen atoms in total. The highest BCUT2D eigenvalue weighted by Gasteiger charge is 2.36. The lowest BCUT2D eigenvalue weighted by Crippen LogP contribution is -2.56. The van der Waals surface area contributed by atoms with Gasteiger partial charge in [0.05, 0.1) is 13.1 Å². The van der Waals surface area contributed by atoms with Crippen molar-refractivity contribution in [3.05, 3.63) is 11.7 Å². The Balaban J connectivity index is 1.52. The smallest absolute Gasteiger partial charge is 0.417 e. The minimum absolute atomic E-state index is 0.0463. The van der Waals surface area contributed by atoms with Crippen molar-refractivity contribution in [2.45, 2.75) is 69.8 Å². The largest absolute Gasteiger partial charge is 0.465 e. The van der Waals surface area contributed by atoms with Gasteiger partial charge in [0, 0.05) is 12.3 Å². The first-order valence-corrected chi connectivity index (χ1v) is 11.1. The molecule has 2 aliphatic rings. The molecular formula is C20H29N5O8. The zero-order chi connectivity index (χ0) is 23.8. The topological polar surface area (TPSA) is 184 Å². The van der Waals surface area contributed by atoms with Crippen molar-refractivity contribution < 1.29 is 38.8 Å². The third-order valence-corrected chi connectivity index (χ3v) is 6.05. The zero-order valence-electron chi connectivity index (χ0n) is 18.2. The summed E-state index contributed by atoms with van der Waals surface area (Å²) in [6.07, 6.45) is 5.42. The van der Waals surface area contributed by atoms with Crippen LogP contribution in [0.25, 0.3) is 0 Å². The van der Waals surface area contributed by atoms with Crippen LogP contribution in [0.4, 0.5) is 9.59 Å². The fourth-order valence-electron chi connectivity index (χ4n) is 4.29. The molecule has 3 rings (SSSR count). The lowest BCUT2D eigenvalue weighted by molar-refractivity contribution is -0.129. The van der Waals surface area contributed by atoms with E-state index in [0.717, 1.165) is 12.8 Å². The average molecular weight is 467 g/mol. The average Bonchev–Trinajstić information content (AvgIpc) is 3.25. The van der Waals surface area contributed by atoms with E-state index >= 15 is 0 Å². The molecule has 1 aromatic heterocycles. The lowest BCUT2D eigenvalue weighted by Gasteiger charge is -2.37. The molecule has 1 aliphatic heterocycles. The van der Waals surface area contributed by atoms with Gasteiger partial charge in [-0.1, -0.05) is 50.1 Å². The Morgan fingerprint density at radius 2 is 1.91 bits per heavy atom. The van der Waals surface area contributed by atoms with Crippen LogP contribution in [0.5, 0.6) is 0 Å². The van der Waals surface area contributed by atoms with Gasteiger partial charge in [-0.15, -0.1) is 0 Å². The van der Waals surface area contributed by atoms with Crippen LogP contribution in [0, 0.1) is 5.92 Å². The van der Waals surface area contributed by atoms with E-state index in [4.69, 9.17) is 19.6 Å². The Hall–Kier alpha value is -3.22. The molecule has 0 aromatic carbocycles. The molecular weight excluding hydrogens is 438 g/mol. The van der Waals surface area contributed by atoms with E-state index in [1.807, 2.05) is 0 Å². The number of nitrogens with zero attached hydrogens (tertiary/aromatic N) is 3. The Labute approximate surface area is 189 Å². The molecule has 33 heavy (non-hydrogen) atoms. The Morgan fingerprint density at radius 3 is 2.58 bits per heavy atom. The molecule has 2 heterocycles. The second kappa shape index (κ2) is 11.6. The minimum atomic E-state index is -1.53. The fraction of sp³-hybridized carbons (Fsp3) is 0.700. The number of imide groups is 1. The lowest BCUT2D eigenvalue weighted by atomic mass is 9.84. The van der Waals surface area contributed by atoms with Gasteiger partial charge in [0.1, 0.15) is 6.10 Å². The number of carboxylic acid groups (broad SMARTS) is 1. The number of alkyl carbamates (subject to hydrolysis) is 1. The number of hydroxylamine groups is 1. The van der Waals surface area contributed by atoms with E-state index in [1.54, 1.807) is 10.8 Å². The summed E-state index contributed by atoms with van der Waals surface area (Å²) in [7, 11) is 0. The van der Waals surface area contributed by atoms with Gasteiger partial charge < -0.3 is 19.3 Å². The van der Waals surface area contributed by atoms with Gasteiger partial charge in [-0.05, 0) is 12.3 Å². The van der Waals surface area contributed by atoms with Crippen LogP contribution in [0.15, 0.2) is 4.52 Å². The first-order chi connectivity index (χ1) is 15.9. The van der Waals surface area contributed by atoms with Gasteiger partial charge >= 0.3 is 12.2 Å². The molecule has 1 aliphatic carbocycles. The number of carbonyl (C=O) groups is 4. The van der Waals surface area contributed by atoms with Crippen LogP contribution in [0.2, 0.25) is 0 Å². The van der Waals surface area contributed by atoms with Gasteiger partial charge in [-0.2, -0.15) is 4.98 Å². The van der Waals surface area contributed by atoms with Crippen LogP contribution < -0.4 is 10.8 Å². The summed E-state index contributed by atoms with van der Waals surface area (Å²) < 4.78 is 10.1. The van der Waals surface area contributed by atoms with Gasteiger partial charge in [0.2, 0.25) is 11.8 Å². The summed E-state index contributed by atoms with van der Waals surface area (Å²) in [5, 5.41) is 22.7. The highest BCUT2D eigenvalue weighted by molar-refractivity contribution is 5.91. The number of amides is 4. The van der Waals surface area contributed by atoms with E-state index in [9.17, 15) is 19.2 Å². The van der Waals surface area contributed by atoms with Crippen molar-refractivity contribution in [2.75, 3.05) is 13.1 Å². The Bertz CT molecular complexity index is 847. The number of nitrogens with one attached hydrogen (secondary N) is 2. The summed E-state index contributed by atoms with van der Waals surface area (Å²) in [5.74, 6) is -0.880. The molecule has 4 amide bonds. The van der Waals surface area contributed by atoms with Crippen molar-refractivity contribution in [1.29, 1.82) is 0 Å². The molecule has 0 spiro atoms. The second-order valence-corrected chi connectivity index (χ2v) is 8.49.